The summed E-state index contributed by atoms with van der Waals surface area (Å²) in [6, 6.07) is 14.9. The minimum absolute atomic E-state index is 0.0127. The third-order valence-corrected chi connectivity index (χ3v) is 6.41. The predicted molar refractivity (Wildman–Crippen MR) is 135 cm³/mol. The predicted octanol–water partition coefficient (Wildman–Crippen LogP) is 4.37. The van der Waals surface area contributed by atoms with E-state index in [4.69, 9.17) is 9.47 Å². The van der Waals surface area contributed by atoms with Crippen molar-refractivity contribution in [1.82, 2.24) is 9.47 Å². The van der Waals surface area contributed by atoms with Gasteiger partial charge in [-0.05, 0) is 62.1 Å². The number of hydrogen-bond donors (Lipinski definition) is 1. The molecule has 1 saturated heterocycles. The number of rotatable bonds is 7. The fraction of sp³-hybridized carbons (Fsp3) is 0.370. The van der Waals surface area contributed by atoms with Gasteiger partial charge in [0, 0.05) is 48.2 Å². The number of amides is 2. The molecule has 35 heavy (non-hydrogen) atoms. The Bertz CT molecular complexity index is 1260. The van der Waals surface area contributed by atoms with Gasteiger partial charge in [0.25, 0.3) is 5.56 Å². The number of aryl methyl sites for hydroxylation is 1. The van der Waals surface area contributed by atoms with Gasteiger partial charge in [-0.2, -0.15) is 0 Å². The summed E-state index contributed by atoms with van der Waals surface area (Å²) in [5, 5.41) is 4.24. The van der Waals surface area contributed by atoms with E-state index in [-0.39, 0.29) is 23.6 Å². The number of methoxy groups -OCH3 is 1. The minimum Gasteiger partial charge on any atom is -0.497 e. The highest BCUT2D eigenvalue weighted by atomic mass is 16.6. The van der Waals surface area contributed by atoms with Crippen LogP contribution in [0.2, 0.25) is 0 Å². The molecule has 4 rings (SSSR count). The highest BCUT2D eigenvalue weighted by molar-refractivity contribution is 6.01. The molecule has 0 atom stereocenters. The minimum atomic E-state index is -0.302. The van der Waals surface area contributed by atoms with Gasteiger partial charge in [0.2, 0.25) is 5.91 Å². The lowest BCUT2D eigenvalue weighted by Gasteiger charge is -2.32. The Kier molecular flexibility index (Phi) is 7.70. The van der Waals surface area contributed by atoms with Crippen molar-refractivity contribution in [2.75, 3.05) is 32.1 Å². The third kappa shape index (κ3) is 5.65. The maximum Gasteiger partial charge on any atom is 0.409 e. The van der Waals surface area contributed by atoms with E-state index in [0.29, 0.717) is 61.8 Å². The number of carbonyl (C=O) groups is 2. The number of hydrogen-bond acceptors (Lipinski definition) is 5. The lowest BCUT2D eigenvalue weighted by molar-refractivity contribution is -0.116. The number of nitrogens with one attached hydrogen (secondary N) is 1. The van der Waals surface area contributed by atoms with E-state index in [1.165, 1.54) is 0 Å². The molecule has 1 aromatic heterocycles. The molecule has 0 saturated carbocycles. The lowest BCUT2D eigenvalue weighted by atomic mass is 10.0. The van der Waals surface area contributed by atoms with Crippen LogP contribution in [0.3, 0.4) is 0 Å². The smallest absolute Gasteiger partial charge is 0.409 e. The Hall–Kier alpha value is -3.81. The molecule has 0 radical (unpaired) electrons. The van der Waals surface area contributed by atoms with Crippen LogP contribution in [0.25, 0.3) is 10.8 Å². The second-order valence-corrected chi connectivity index (χ2v) is 8.61. The Labute approximate surface area is 204 Å². The summed E-state index contributed by atoms with van der Waals surface area (Å²) in [7, 11) is 1.62. The SMILES string of the molecule is CCOC(=O)N1CCC(n2ccc3c(NC(=O)CCc4cccc(OC)c4)cccc3c2=O)CC1. The zero-order valence-electron chi connectivity index (χ0n) is 20.2. The van der Waals surface area contributed by atoms with Crippen LogP contribution < -0.4 is 15.6 Å². The highest BCUT2D eigenvalue weighted by Gasteiger charge is 2.25. The number of fused-ring (bicyclic) bond motifs is 1. The van der Waals surface area contributed by atoms with Crippen molar-refractivity contribution in [2.24, 2.45) is 0 Å². The zero-order valence-corrected chi connectivity index (χ0v) is 20.2. The van der Waals surface area contributed by atoms with Gasteiger partial charge in [0.05, 0.1) is 13.7 Å². The number of ether oxygens (including phenoxy) is 2. The number of carbonyl (C=O) groups excluding carboxylic acids is 2. The van der Waals surface area contributed by atoms with E-state index in [1.807, 2.05) is 36.4 Å². The molecule has 0 unspecified atom stereocenters. The van der Waals surface area contributed by atoms with Gasteiger partial charge in [0.15, 0.2) is 0 Å². The van der Waals surface area contributed by atoms with Gasteiger partial charge >= 0.3 is 6.09 Å². The molecule has 2 amide bonds. The molecule has 8 nitrogen and oxygen atoms in total. The molecule has 184 valence electrons. The van der Waals surface area contributed by atoms with Gasteiger partial charge < -0.3 is 24.3 Å². The Morgan fingerprint density at radius 1 is 1.06 bits per heavy atom. The molecule has 1 fully saturated rings. The number of benzene rings is 2. The van der Waals surface area contributed by atoms with Crippen molar-refractivity contribution in [1.29, 1.82) is 0 Å². The fourth-order valence-electron chi connectivity index (χ4n) is 4.53. The van der Waals surface area contributed by atoms with Crippen LogP contribution >= 0.6 is 0 Å². The number of likely N-dealkylation sites (tertiary alicyclic amines) is 1. The van der Waals surface area contributed by atoms with Crippen molar-refractivity contribution in [2.45, 2.75) is 38.6 Å². The number of pyridine rings is 1. The average molecular weight is 478 g/mol. The van der Waals surface area contributed by atoms with Crippen LogP contribution in [0.5, 0.6) is 5.75 Å². The van der Waals surface area contributed by atoms with Gasteiger partial charge in [-0.1, -0.05) is 18.2 Å². The summed E-state index contributed by atoms with van der Waals surface area (Å²) < 4.78 is 12.1. The van der Waals surface area contributed by atoms with Gasteiger partial charge in [-0.15, -0.1) is 0 Å². The first-order chi connectivity index (χ1) is 17.0. The third-order valence-electron chi connectivity index (χ3n) is 6.41. The van der Waals surface area contributed by atoms with E-state index in [2.05, 4.69) is 5.32 Å². The topological polar surface area (TPSA) is 89.9 Å². The second kappa shape index (κ2) is 11.1. The highest BCUT2D eigenvalue weighted by Crippen LogP contribution is 2.25. The fourth-order valence-corrected chi connectivity index (χ4v) is 4.53. The first-order valence-electron chi connectivity index (χ1n) is 12.0. The summed E-state index contributed by atoms with van der Waals surface area (Å²) in [5.41, 5.74) is 1.55. The van der Waals surface area contributed by atoms with Crippen LogP contribution in [0.1, 0.15) is 37.8 Å². The van der Waals surface area contributed by atoms with E-state index in [1.54, 1.807) is 41.8 Å². The van der Waals surface area contributed by atoms with E-state index < -0.39 is 0 Å². The standard InChI is InChI=1S/C27H31N3O5/c1-3-35-27(33)29-15-12-20(13-16-29)30-17-14-22-23(26(30)32)8-5-9-24(22)28-25(31)11-10-19-6-4-7-21(18-19)34-2/h4-9,14,17-18,20H,3,10-13,15-16H2,1-2H3,(H,28,31). The Morgan fingerprint density at radius 3 is 2.57 bits per heavy atom. The van der Waals surface area contributed by atoms with Crippen molar-refractivity contribution in [3.63, 3.8) is 0 Å². The van der Waals surface area contributed by atoms with Crippen LogP contribution in [0, 0.1) is 0 Å². The number of anilines is 1. The maximum absolute atomic E-state index is 13.3. The average Bonchev–Trinajstić information content (AvgIpc) is 2.88. The number of aromatic nitrogens is 1. The summed E-state index contributed by atoms with van der Waals surface area (Å²) in [6.07, 6.45) is 3.77. The molecule has 1 aliphatic rings. The van der Waals surface area contributed by atoms with Gasteiger partial charge in [-0.25, -0.2) is 4.79 Å². The van der Waals surface area contributed by atoms with Crippen molar-refractivity contribution in [3.8, 4) is 5.75 Å². The normalized spacial score (nSPS) is 14.1. The number of nitrogens with zero attached hydrogens (tertiary/aromatic N) is 2. The van der Waals surface area contributed by atoms with Gasteiger partial charge in [0.1, 0.15) is 5.75 Å². The van der Waals surface area contributed by atoms with E-state index in [0.717, 1.165) is 11.3 Å². The van der Waals surface area contributed by atoms with Crippen LogP contribution in [-0.4, -0.2) is 48.3 Å². The van der Waals surface area contributed by atoms with Crippen LogP contribution in [0.15, 0.2) is 59.5 Å². The maximum atomic E-state index is 13.3. The summed E-state index contributed by atoms with van der Waals surface area (Å²) >= 11 is 0. The second-order valence-electron chi connectivity index (χ2n) is 8.61. The first-order valence-corrected chi connectivity index (χ1v) is 12.0. The molecule has 0 aliphatic carbocycles. The van der Waals surface area contributed by atoms with E-state index >= 15 is 0 Å². The van der Waals surface area contributed by atoms with Crippen molar-refractivity contribution >= 4 is 28.5 Å². The molecule has 0 spiro atoms. The zero-order chi connectivity index (χ0) is 24.8. The summed E-state index contributed by atoms with van der Waals surface area (Å²) in [4.78, 5) is 39.6. The summed E-state index contributed by atoms with van der Waals surface area (Å²) in [6.45, 7) is 3.24. The van der Waals surface area contributed by atoms with Crippen molar-refractivity contribution in [3.05, 3.63) is 70.6 Å². The monoisotopic (exact) mass is 477 g/mol. The molecule has 1 aliphatic heterocycles. The quantitative estimate of drug-likeness (QED) is 0.546. The molecule has 1 N–H and O–H groups in total. The Morgan fingerprint density at radius 2 is 1.83 bits per heavy atom. The molecular weight excluding hydrogens is 446 g/mol. The van der Waals surface area contributed by atoms with Gasteiger partial charge in [-0.3, -0.25) is 9.59 Å². The van der Waals surface area contributed by atoms with Crippen LogP contribution in [0.4, 0.5) is 10.5 Å². The first kappa shape index (κ1) is 24.3. The molecular formula is C27H31N3O5. The molecule has 2 heterocycles. The largest absolute Gasteiger partial charge is 0.497 e. The van der Waals surface area contributed by atoms with Crippen LogP contribution in [-0.2, 0) is 16.0 Å². The molecule has 0 bridgehead atoms. The number of piperidine rings is 1. The molecule has 8 heteroatoms. The van der Waals surface area contributed by atoms with E-state index in [9.17, 15) is 14.4 Å². The summed E-state index contributed by atoms with van der Waals surface area (Å²) in [5.74, 6) is 0.649. The van der Waals surface area contributed by atoms with Crippen molar-refractivity contribution < 1.29 is 19.1 Å². The Balaban J connectivity index is 1.44. The molecule has 3 aromatic rings. The lowest BCUT2D eigenvalue weighted by Crippen LogP contribution is -2.41. The molecule has 2 aromatic carbocycles.